The first-order valence-corrected chi connectivity index (χ1v) is 10.1. The highest BCUT2D eigenvalue weighted by Gasteiger charge is 2.32. The molecule has 0 unspecified atom stereocenters. The molecule has 0 bridgehead atoms. The molecule has 1 aromatic carbocycles. The second kappa shape index (κ2) is 6.46. The maximum absolute atomic E-state index is 12.7. The smallest absolute Gasteiger partial charge is 0.275 e. The fourth-order valence-corrected chi connectivity index (χ4v) is 5.81. The third-order valence-corrected chi connectivity index (χ3v) is 7.45. The van der Waals surface area contributed by atoms with Crippen molar-refractivity contribution in [3.05, 3.63) is 50.1 Å². The largest absolute Gasteiger partial charge is 0.416 e. The second-order valence-corrected chi connectivity index (χ2v) is 9.21. The number of fused-ring (bicyclic) bond motifs is 1. The molecular formula is C14H9Cl2F3N2O2S2. The number of sulfone groups is 1. The Hall–Kier alpha value is -1.29. The van der Waals surface area contributed by atoms with Crippen LogP contribution in [0.2, 0.25) is 10.0 Å². The van der Waals surface area contributed by atoms with Gasteiger partial charge in [0.1, 0.15) is 4.21 Å². The predicted molar refractivity (Wildman–Crippen MR) is 90.7 cm³/mol. The van der Waals surface area contributed by atoms with Crippen molar-refractivity contribution in [2.24, 2.45) is 5.10 Å². The van der Waals surface area contributed by atoms with Crippen LogP contribution >= 0.6 is 34.5 Å². The van der Waals surface area contributed by atoms with Gasteiger partial charge in [-0.3, -0.25) is 5.43 Å². The predicted octanol–water partition coefficient (Wildman–Crippen LogP) is 4.33. The van der Waals surface area contributed by atoms with Crippen molar-refractivity contribution in [2.75, 3.05) is 11.2 Å². The molecule has 0 amide bonds. The van der Waals surface area contributed by atoms with Gasteiger partial charge in [0.25, 0.3) is 0 Å². The molecule has 25 heavy (non-hydrogen) atoms. The lowest BCUT2D eigenvalue weighted by Gasteiger charge is -2.11. The standard InChI is InChI=1S/C14H9Cl2F3N2O2S2/c15-9-5-7(14(17,18)19)6-10(16)12(9)21-20-11-1-3-24-13-8(11)2-4-25(13,22)23/h1,3,5-6,21H,2,4H2/b20-11+. The Kier molecular flexibility index (Phi) is 4.78. The van der Waals surface area contributed by atoms with E-state index in [0.29, 0.717) is 17.3 Å². The molecule has 4 nitrogen and oxygen atoms in total. The lowest BCUT2D eigenvalue weighted by Crippen LogP contribution is -2.11. The molecule has 1 N–H and O–H groups in total. The van der Waals surface area contributed by atoms with Crippen LogP contribution in [0.5, 0.6) is 0 Å². The second-order valence-electron chi connectivity index (χ2n) is 5.18. The molecule has 0 radical (unpaired) electrons. The number of benzene rings is 1. The topological polar surface area (TPSA) is 58.5 Å². The molecule has 0 spiro atoms. The van der Waals surface area contributed by atoms with Crippen LogP contribution in [-0.2, 0) is 22.4 Å². The summed E-state index contributed by atoms with van der Waals surface area (Å²) in [4.78, 5) is 0. The Labute approximate surface area is 154 Å². The molecule has 134 valence electrons. The normalized spacial score (nSPS) is 16.8. The van der Waals surface area contributed by atoms with Gasteiger partial charge in [0.2, 0.25) is 0 Å². The van der Waals surface area contributed by atoms with Gasteiger partial charge in [-0.05, 0) is 30.0 Å². The van der Waals surface area contributed by atoms with Gasteiger partial charge in [-0.1, -0.05) is 23.2 Å². The van der Waals surface area contributed by atoms with Crippen molar-refractivity contribution >= 4 is 50.1 Å². The van der Waals surface area contributed by atoms with Crippen molar-refractivity contribution in [3.63, 3.8) is 0 Å². The first kappa shape index (κ1) is 18.5. The van der Waals surface area contributed by atoms with Crippen LogP contribution in [0.1, 0.15) is 11.1 Å². The summed E-state index contributed by atoms with van der Waals surface area (Å²) in [6.07, 6.45) is -4.25. The Morgan fingerprint density at radius 2 is 1.84 bits per heavy atom. The average Bonchev–Trinajstić information content (AvgIpc) is 2.82. The van der Waals surface area contributed by atoms with E-state index in [0.717, 1.165) is 23.5 Å². The van der Waals surface area contributed by atoms with E-state index in [4.69, 9.17) is 23.2 Å². The van der Waals surface area contributed by atoms with Gasteiger partial charge in [-0.25, -0.2) is 8.42 Å². The van der Waals surface area contributed by atoms with Gasteiger partial charge in [-0.2, -0.15) is 18.3 Å². The summed E-state index contributed by atoms with van der Waals surface area (Å²) in [5.41, 5.74) is 2.15. The fraction of sp³-hybridized carbons (Fsp3) is 0.214. The first-order valence-electron chi connectivity index (χ1n) is 6.79. The van der Waals surface area contributed by atoms with E-state index < -0.39 is 21.6 Å². The van der Waals surface area contributed by atoms with Crippen LogP contribution < -0.4 is 10.8 Å². The van der Waals surface area contributed by atoms with Crippen LogP contribution in [0.3, 0.4) is 0 Å². The zero-order valence-electron chi connectivity index (χ0n) is 12.2. The van der Waals surface area contributed by atoms with E-state index in [9.17, 15) is 21.6 Å². The third-order valence-electron chi connectivity index (χ3n) is 3.52. The lowest BCUT2D eigenvalue weighted by atomic mass is 10.2. The van der Waals surface area contributed by atoms with Crippen molar-refractivity contribution in [1.82, 2.24) is 0 Å². The Balaban J connectivity index is 2.01. The number of hydrogen-bond acceptors (Lipinski definition) is 5. The number of nitrogens with zero attached hydrogens (tertiary/aromatic N) is 1. The summed E-state index contributed by atoms with van der Waals surface area (Å²) >= 11 is 12.8. The van der Waals surface area contributed by atoms with E-state index >= 15 is 0 Å². The molecule has 0 atom stereocenters. The molecular weight excluding hydrogens is 420 g/mol. The summed E-state index contributed by atoms with van der Waals surface area (Å²) in [7, 11) is -3.30. The van der Waals surface area contributed by atoms with Gasteiger partial charge in [0.05, 0.1) is 32.4 Å². The van der Waals surface area contributed by atoms with Crippen molar-refractivity contribution in [3.8, 4) is 0 Å². The molecule has 2 heterocycles. The molecule has 3 rings (SSSR count). The molecule has 0 saturated carbocycles. The minimum Gasteiger partial charge on any atom is -0.275 e. The maximum atomic E-state index is 12.7. The van der Waals surface area contributed by atoms with Gasteiger partial charge in [0, 0.05) is 5.56 Å². The summed E-state index contributed by atoms with van der Waals surface area (Å²) in [5, 5.41) is 5.54. The van der Waals surface area contributed by atoms with Crippen molar-refractivity contribution < 1.29 is 21.6 Å². The highest BCUT2D eigenvalue weighted by atomic mass is 35.5. The summed E-state index contributed by atoms with van der Waals surface area (Å²) in [6.45, 7) is 0. The maximum Gasteiger partial charge on any atom is 0.416 e. The molecule has 0 aliphatic carbocycles. The highest BCUT2D eigenvalue weighted by Crippen LogP contribution is 2.38. The zero-order valence-corrected chi connectivity index (χ0v) is 15.3. The molecule has 11 heteroatoms. The monoisotopic (exact) mass is 428 g/mol. The molecule has 1 aliphatic rings. The van der Waals surface area contributed by atoms with E-state index in [1.165, 1.54) is 0 Å². The zero-order chi connectivity index (χ0) is 18.4. The van der Waals surface area contributed by atoms with Crippen LogP contribution in [0.25, 0.3) is 0 Å². The Morgan fingerprint density at radius 3 is 2.44 bits per heavy atom. The van der Waals surface area contributed by atoms with E-state index in [2.05, 4.69) is 10.5 Å². The molecule has 1 aromatic heterocycles. The van der Waals surface area contributed by atoms with Gasteiger partial charge in [0.15, 0.2) is 9.84 Å². The average molecular weight is 429 g/mol. The van der Waals surface area contributed by atoms with Crippen molar-refractivity contribution in [1.29, 1.82) is 0 Å². The molecule has 0 fully saturated rings. The number of alkyl halides is 3. The van der Waals surface area contributed by atoms with Crippen LogP contribution in [0.4, 0.5) is 18.9 Å². The quantitative estimate of drug-likeness (QED) is 0.724. The third kappa shape index (κ3) is 3.64. The highest BCUT2D eigenvalue weighted by molar-refractivity contribution is 7.93. The summed E-state index contributed by atoms with van der Waals surface area (Å²) in [5.74, 6) is 0.00710. The van der Waals surface area contributed by atoms with Gasteiger partial charge in [-0.15, -0.1) is 11.3 Å². The Morgan fingerprint density at radius 1 is 1.20 bits per heavy atom. The minimum atomic E-state index is -4.57. The number of rotatable bonds is 2. The van der Waals surface area contributed by atoms with Crippen molar-refractivity contribution in [2.45, 2.75) is 16.8 Å². The molecule has 1 aliphatic heterocycles. The fourth-order valence-electron chi connectivity index (χ4n) is 2.32. The first-order chi connectivity index (χ1) is 11.6. The summed E-state index contributed by atoms with van der Waals surface area (Å²) < 4.78 is 62.3. The number of anilines is 1. The van der Waals surface area contributed by atoms with Gasteiger partial charge >= 0.3 is 6.18 Å². The van der Waals surface area contributed by atoms with Gasteiger partial charge < -0.3 is 0 Å². The SMILES string of the molecule is O=S1(=O)CCc2c1scc/c2=N\Nc1c(Cl)cc(C(F)(F)F)cc1Cl. The molecule has 0 saturated heterocycles. The van der Waals surface area contributed by atoms with Crippen LogP contribution in [-0.4, -0.2) is 14.2 Å². The van der Waals surface area contributed by atoms with E-state index in [-0.39, 0.29) is 25.7 Å². The molecule has 2 aromatic rings. The summed E-state index contributed by atoms with van der Waals surface area (Å²) in [6, 6.07) is 3.10. The number of nitrogens with one attached hydrogen (secondary N) is 1. The number of halogens is 5. The number of hydrogen-bond donors (Lipinski definition) is 1. The van der Waals surface area contributed by atoms with Crippen LogP contribution in [0, 0.1) is 0 Å². The Bertz CT molecular complexity index is 994. The van der Waals surface area contributed by atoms with E-state index in [1.54, 1.807) is 11.4 Å². The van der Waals surface area contributed by atoms with Crippen LogP contribution in [0.15, 0.2) is 32.9 Å². The lowest BCUT2D eigenvalue weighted by molar-refractivity contribution is -0.137. The minimum absolute atomic E-state index is 0.00710. The van der Waals surface area contributed by atoms with E-state index in [1.807, 2.05) is 0 Å².